The Morgan fingerprint density at radius 3 is 2.52 bits per heavy atom. The van der Waals surface area contributed by atoms with Crippen molar-refractivity contribution in [3.8, 4) is 17.2 Å². The monoisotopic (exact) mass is 643 g/mol. The highest BCUT2D eigenvalue weighted by atomic mass is 35.5. The molecule has 6 rings (SSSR count). The maximum absolute atomic E-state index is 13.9. The first kappa shape index (κ1) is 30.3. The van der Waals surface area contributed by atoms with Crippen LogP contribution < -0.4 is 10.5 Å². The van der Waals surface area contributed by atoms with Crippen LogP contribution in [0.3, 0.4) is 0 Å². The molecule has 0 N–H and O–H groups in total. The van der Waals surface area contributed by atoms with Gasteiger partial charge in [0.05, 0.1) is 27.7 Å². The zero-order valence-electron chi connectivity index (χ0n) is 26.1. The molecular formula is C32H38ClN7O2Si2. The SMILES string of the molecule is C[Si](C)(C)C#Cc1cn(COCC[Si](C)(C)C)c2ncnc(N3CC[C@H]3c3nn4ccc(Cl)c4c(=O)n3-c3ccccc3)c12. The van der Waals surface area contributed by atoms with E-state index < -0.39 is 16.1 Å². The Kier molecular flexibility index (Phi) is 8.04. The van der Waals surface area contributed by atoms with E-state index in [1.165, 1.54) is 0 Å². The number of nitrogens with zero attached hydrogens (tertiary/aromatic N) is 7. The van der Waals surface area contributed by atoms with Crippen molar-refractivity contribution in [2.75, 3.05) is 18.1 Å². The second-order valence-electron chi connectivity index (χ2n) is 13.5. The summed E-state index contributed by atoms with van der Waals surface area (Å²) >= 11 is 6.43. The number of hydrogen-bond acceptors (Lipinski definition) is 6. The second kappa shape index (κ2) is 11.7. The van der Waals surface area contributed by atoms with Gasteiger partial charge in [-0.2, -0.15) is 5.10 Å². The van der Waals surface area contributed by atoms with Gasteiger partial charge >= 0.3 is 0 Å². The molecule has 4 aromatic heterocycles. The van der Waals surface area contributed by atoms with Crippen molar-refractivity contribution in [3.63, 3.8) is 0 Å². The largest absolute Gasteiger partial charge is 0.361 e. The van der Waals surface area contributed by atoms with Gasteiger partial charge in [-0.3, -0.25) is 9.36 Å². The highest BCUT2D eigenvalue weighted by Gasteiger charge is 2.37. The molecule has 0 aliphatic carbocycles. The lowest BCUT2D eigenvalue weighted by atomic mass is 10.0. The molecular weight excluding hydrogens is 606 g/mol. The van der Waals surface area contributed by atoms with E-state index in [1.54, 1.807) is 27.7 Å². The highest BCUT2D eigenvalue weighted by molar-refractivity contribution is 6.83. The Hall–Kier alpha value is -3.70. The molecule has 0 saturated carbocycles. The molecule has 1 aliphatic rings. The second-order valence-corrected chi connectivity index (χ2v) is 24.3. The zero-order chi connectivity index (χ0) is 31.2. The Morgan fingerprint density at radius 2 is 1.84 bits per heavy atom. The van der Waals surface area contributed by atoms with Crippen LogP contribution in [0.2, 0.25) is 50.3 Å². The van der Waals surface area contributed by atoms with Gasteiger partial charge in [-0.25, -0.2) is 14.5 Å². The molecule has 1 fully saturated rings. The average Bonchev–Trinajstić information content (AvgIpc) is 3.50. The first-order valence-corrected chi connectivity index (χ1v) is 22.6. The Balaban J connectivity index is 1.46. The van der Waals surface area contributed by atoms with Crippen LogP contribution in [0.5, 0.6) is 0 Å². The molecule has 1 atom stereocenters. The zero-order valence-corrected chi connectivity index (χ0v) is 28.9. The molecule has 44 heavy (non-hydrogen) atoms. The number of aromatic nitrogens is 6. The quantitative estimate of drug-likeness (QED) is 0.111. The third-order valence-electron chi connectivity index (χ3n) is 7.70. The fourth-order valence-electron chi connectivity index (χ4n) is 5.31. The minimum absolute atomic E-state index is 0.194. The van der Waals surface area contributed by atoms with E-state index in [0.29, 0.717) is 29.7 Å². The molecule has 0 bridgehead atoms. The van der Waals surface area contributed by atoms with Crippen molar-refractivity contribution in [2.45, 2.75) is 64.5 Å². The van der Waals surface area contributed by atoms with E-state index in [0.717, 1.165) is 47.1 Å². The number of halogens is 1. The molecule has 1 saturated heterocycles. The number of hydrogen-bond donors (Lipinski definition) is 0. The highest BCUT2D eigenvalue weighted by Crippen LogP contribution is 2.40. The lowest BCUT2D eigenvalue weighted by molar-refractivity contribution is 0.0898. The lowest BCUT2D eigenvalue weighted by Crippen LogP contribution is -2.45. The van der Waals surface area contributed by atoms with E-state index in [4.69, 9.17) is 31.4 Å². The summed E-state index contributed by atoms with van der Waals surface area (Å²) in [6.07, 6.45) is 6.19. The predicted octanol–water partition coefficient (Wildman–Crippen LogP) is 6.38. The number of fused-ring (bicyclic) bond motifs is 2. The molecule has 5 heterocycles. The molecule has 5 aromatic rings. The molecule has 1 aliphatic heterocycles. The van der Waals surface area contributed by atoms with E-state index in [1.807, 2.05) is 41.1 Å². The summed E-state index contributed by atoms with van der Waals surface area (Å²) in [4.78, 5) is 25.6. The summed E-state index contributed by atoms with van der Waals surface area (Å²) < 4.78 is 11.4. The van der Waals surface area contributed by atoms with Crippen molar-refractivity contribution in [1.29, 1.82) is 0 Å². The maximum atomic E-state index is 13.9. The third kappa shape index (κ3) is 5.99. The normalized spacial score (nSPS) is 15.4. The van der Waals surface area contributed by atoms with Gasteiger partial charge in [-0.05, 0) is 30.7 Å². The van der Waals surface area contributed by atoms with E-state index in [9.17, 15) is 4.79 Å². The number of para-hydroxylation sites is 1. The Bertz CT molecular complexity index is 1960. The molecule has 0 spiro atoms. The van der Waals surface area contributed by atoms with E-state index in [2.05, 4.69) is 55.6 Å². The van der Waals surface area contributed by atoms with E-state index >= 15 is 0 Å². The third-order valence-corrected chi connectivity index (χ3v) is 10.6. The van der Waals surface area contributed by atoms with Crippen LogP contribution in [0.1, 0.15) is 23.9 Å². The Morgan fingerprint density at radius 1 is 1.07 bits per heavy atom. The summed E-state index contributed by atoms with van der Waals surface area (Å²) in [5.74, 6) is 4.89. The molecule has 9 nitrogen and oxygen atoms in total. The van der Waals surface area contributed by atoms with Crippen LogP contribution in [0.15, 0.2) is 59.9 Å². The minimum Gasteiger partial charge on any atom is -0.361 e. The van der Waals surface area contributed by atoms with Crippen LogP contribution in [0.25, 0.3) is 22.2 Å². The van der Waals surface area contributed by atoms with Crippen LogP contribution in [-0.4, -0.2) is 58.0 Å². The van der Waals surface area contributed by atoms with Crippen LogP contribution in [0.4, 0.5) is 5.82 Å². The van der Waals surface area contributed by atoms with Gasteiger partial charge in [0.15, 0.2) is 5.82 Å². The standard InChI is InChI=1S/C32H38ClN7O2Si2/c1-43(2,3)18-14-23-20-37(22-42-17-19-44(4,5)6)30-27(23)31(35-21-34-30)38-15-13-26(38)29-36-39-16-12-25(33)28(39)32(41)40(29)24-10-8-7-9-11-24/h7-12,16,20-21,26H,13,15,17,19,22H2,1-6H3/t26-/m0/s1. The molecule has 228 valence electrons. The van der Waals surface area contributed by atoms with Crippen molar-refractivity contribution >= 4 is 50.1 Å². The smallest absolute Gasteiger partial charge is 0.284 e. The van der Waals surface area contributed by atoms with Crippen LogP contribution in [-0.2, 0) is 11.5 Å². The summed E-state index contributed by atoms with van der Waals surface area (Å²) in [6.45, 7) is 15.6. The molecule has 0 amide bonds. The number of rotatable bonds is 8. The van der Waals surface area contributed by atoms with Gasteiger partial charge in [0.1, 0.15) is 38.1 Å². The summed E-state index contributed by atoms with van der Waals surface area (Å²) in [6, 6.07) is 12.2. The van der Waals surface area contributed by atoms with Gasteiger partial charge in [0, 0.05) is 33.6 Å². The van der Waals surface area contributed by atoms with Crippen molar-refractivity contribution in [1.82, 2.24) is 28.7 Å². The number of anilines is 1. The molecule has 12 heteroatoms. The first-order chi connectivity index (χ1) is 20.9. The molecule has 0 unspecified atom stereocenters. The van der Waals surface area contributed by atoms with Crippen LogP contribution >= 0.6 is 11.6 Å². The van der Waals surface area contributed by atoms with Gasteiger partial charge in [0.2, 0.25) is 0 Å². The van der Waals surface area contributed by atoms with E-state index in [-0.39, 0.29) is 11.6 Å². The first-order valence-electron chi connectivity index (χ1n) is 15.0. The number of ether oxygens (including phenoxy) is 1. The Labute approximate surface area is 264 Å². The molecule has 0 radical (unpaired) electrons. The topological polar surface area (TPSA) is 82.5 Å². The average molecular weight is 644 g/mol. The van der Waals surface area contributed by atoms with Crippen molar-refractivity contribution in [3.05, 3.63) is 81.9 Å². The minimum atomic E-state index is -1.66. The molecule has 1 aromatic carbocycles. The van der Waals surface area contributed by atoms with Crippen molar-refractivity contribution in [2.24, 2.45) is 0 Å². The maximum Gasteiger partial charge on any atom is 0.284 e. The van der Waals surface area contributed by atoms with Gasteiger partial charge in [0.25, 0.3) is 5.56 Å². The summed E-state index contributed by atoms with van der Waals surface area (Å²) in [5.41, 5.74) is 6.08. The fourth-order valence-corrected chi connectivity index (χ4v) is 6.80. The van der Waals surface area contributed by atoms with Crippen LogP contribution in [0, 0.1) is 11.5 Å². The fraction of sp³-hybridized carbons (Fsp3) is 0.375. The van der Waals surface area contributed by atoms with Gasteiger partial charge in [-0.15, -0.1) is 5.54 Å². The van der Waals surface area contributed by atoms with Gasteiger partial charge < -0.3 is 14.2 Å². The summed E-state index contributed by atoms with van der Waals surface area (Å²) in [5, 5.41) is 6.22. The summed E-state index contributed by atoms with van der Waals surface area (Å²) in [7, 11) is -2.88. The lowest BCUT2D eigenvalue weighted by Gasteiger charge is -2.42. The predicted molar refractivity (Wildman–Crippen MR) is 182 cm³/mol. The number of benzene rings is 1. The van der Waals surface area contributed by atoms with Crippen molar-refractivity contribution < 1.29 is 4.74 Å². The van der Waals surface area contributed by atoms with Gasteiger partial charge in [-0.1, -0.05) is 75.0 Å².